The van der Waals surface area contributed by atoms with E-state index in [9.17, 15) is 30.0 Å². The fraction of sp³-hybridized carbons (Fsp3) is 0.333. The molecule has 0 aromatic heterocycles. The Bertz CT molecular complexity index is 1120. The smallest absolute Gasteiger partial charge is 0.319 e. The normalized spacial score (nSPS) is 12.1. The van der Waals surface area contributed by atoms with E-state index in [4.69, 9.17) is 20.0 Å². The molecule has 0 aliphatic rings. The zero-order valence-electron chi connectivity index (χ0n) is 18.2. The van der Waals surface area contributed by atoms with Crippen molar-refractivity contribution in [2.75, 3.05) is 13.2 Å². The van der Waals surface area contributed by atoms with Crippen LogP contribution in [0.4, 0.5) is 0 Å². The molecule has 4 N–H and O–H groups in total. The molecule has 178 valence electrons. The standard InChI is InChI=1S/C24H24N2O8/c25-9-1-3-11-33-20-8-6-17(14-21(20)34-12-4-2-10-26)24(23(31)32,15-22(29)30)16-5-7-18(27)19(28)13-16/h5-8,13-14,27-28H,1-4,11-12,15H2,(H,29,30)(H,31,32). The van der Waals surface area contributed by atoms with Crippen molar-refractivity contribution in [3.63, 3.8) is 0 Å². The summed E-state index contributed by atoms with van der Waals surface area (Å²) in [5, 5.41) is 56.8. The molecule has 0 spiro atoms. The van der Waals surface area contributed by atoms with Crippen LogP contribution in [0.15, 0.2) is 36.4 Å². The molecule has 0 radical (unpaired) electrons. The molecule has 0 heterocycles. The van der Waals surface area contributed by atoms with Crippen molar-refractivity contribution in [3.05, 3.63) is 47.5 Å². The molecule has 0 amide bonds. The van der Waals surface area contributed by atoms with Gasteiger partial charge in [-0.3, -0.25) is 9.59 Å². The quantitative estimate of drug-likeness (QED) is 0.251. The van der Waals surface area contributed by atoms with E-state index in [1.54, 1.807) is 0 Å². The summed E-state index contributed by atoms with van der Waals surface area (Å²) in [6, 6.07) is 11.5. The molecule has 0 aliphatic carbocycles. The summed E-state index contributed by atoms with van der Waals surface area (Å²) in [5.41, 5.74) is -2.14. The molecule has 0 saturated heterocycles. The van der Waals surface area contributed by atoms with Crippen LogP contribution in [0, 0.1) is 22.7 Å². The monoisotopic (exact) mass is 468 g/mol. The minimum Gasteiger partial charge on any atom is -0.504 e. The second-order valence-electron chi connectivity index (χ2n) is 7.37. The molecule has 2 aromatic carbocycles. The number of ether oxygens (including phenoxy) is 2. The van der Waals surface area contributed by atoms with Gasteiger partial charge in [-0.1, -0.05) is 12.1 Å². The zero-order valence-corrected chi connectivity index (χ0v) is 18.2. The number of carboxylic acid groups (broad SMARTS) is 2. The number of aromatic hydroxyl groups is 2. The van der Waals surface area contributed by atoms with E-state index in [1.165, 1.54) is 24.3 Å². The van der Waals surface area contributed by atoms with Crippen LogP contribution in [0.25, 0.3) is 0 Å². The summed E-state index contributed by atoms with van der Waals surface area (Å²) in [6.45, 7) is 0.330. The number of hydrogen-bond donors (Lipinski definition) is 4. The fourth-order valence-electron chi connectivity index (χ4n) is 3.38. The molecular formula is C24H24N2O8. The molecule has 0 fully saturated rings. The largest absolute Gasteiger partial charge is 0.504 e. The third-order valence-electron chi connectivity index (χ3n) is 5.07. The first-order chi connectivity index (χ1) is 16.3. The number of hydrogen-bond acceptors (Lipinski definition) is 8. The molecule has 0 aliphatic heterocycles. The lowest BCUT2D eigenvalue weighted by Crippen LogP contribution is -2.39. The Morgan fingerprint density at radius 3 is 1.91 bits per heavy atom. The van der Waals surface area contributed by atoms with Gasteiger partial charge < -0.3 is 29.9 Å². The Kier molecular flexibility index (Phi) is 9.09. The van der Waals surface area contributed by atoms with Crippen LogP contribution in [0.5, 0.6) is 23.0 Å². The van der Waals surface area contributed by atoms with Crippen LogP contribution in [0.3, 0.4) is 0 Å². The predicted octanol–water partition coefficient (Wildman–Crippen LogP) is 3.31. The van der Waals surface area contributed by atoms with Crippen molar-refractivity contribution in [3.8, 4) is 35.1 Å². The van der Waals surface area contributed by atoms with Crippen molar-refractivity contribution in [2.24, 2.45) is 0 Å². The van der Waals surface area contributed by atoms with Gasteiger partial charge in [0.2, 0.25) is 0 Å². The number of nitrogens with zero attached hydrogens (tertiary/aromatic N) is 2. The highest BCUT2D eigenvalue weighted by Crippen LogP contribution is 2.42. The van der Waals surface area contributed by atoms with Gasteiger partial charge in [-0.25, -0.2) is 0 Å². The Morgan fingerprint density at radius 1 is 0.824 bits per heavy atom. The number of carbonyl (C=O) groups is 2. The van der Waals surface area contributed by atoms with E-state index in [0.717, 1.165) is 12.1 Å². The van der Waals surface area contributed by atoms with E-state index in [0.29, 0.717) is 12.8 Å². The van der Waals surface area contributed by atoms with Gasteiger partial charge in [0.15, 0.2) is 23.0 Å². The van der Waals surface area contributed by atoms with Crippen molar-refractivity contribution < 1.29 is 39.5 Å². The molecule has 34 heavy (non-hydrogen) atoms. The van der Waals surface area contributed by atoms with Crippen molar-refractivity contribution in [2.45, 2.75) is 37.5 Å². The van der Waals surface area contributed by atoms with E-state index >= 15 is 0 Å². The number of nitriles is 2. The maximum atomic E-state index is 12.5. The fourth-order valence-corrected chi connectivity index (χ4v) is 3.38. The summed E-state index contributed by atoms with van der Waals surface area (Å²) in [6.07, 6.45) is 0.518. The van der Waals surface area contributed by atoms with Crippen LogP contribution < -0.4 is 9.47 Å². The van der Waals surface area contributed by atoms with Crippen molar-refractivity contribution in [1.82, 2.24) is 0 Å². The lowest BCUT2D eigenvalue weighted by molar-refractivity contribution is -0.148. The number of unbranched alkanes of at least 4 members (excludes halogenated alkanes) is 2. The van der Waals surface area contributed by atoms with Crippen LogP contribution >= 0.6 is 0 Å². The van der Waals surface area contributed by atoms with Gasteiger partial charge >= 0.3 is 11.9 Å². The summed E-state index contributed by atoms with van der Waals surface area (Å²) in [5.74, 6) is -3.56. The molecule has 1 atom stereocenters. The number of aliphatic carboxylic acids is 2. The van der Waals surface area contributed by atoms with E-state index in [1.807, 2.05) is 12.1 Å². The Morgan fingerprint density at radius 2 is 1.38 bits per heavy atom. The van der Waals surface area contributed by atoms with Gasteiger partial charge in [0, 0.05) is 12.8 Å². The zero-order chi connectivity index (χ0) is 25.1. The Balaban J connectivity index is 2.60. The van der Waals surface area contributed by atoms with Crippen molar-refractivity contribution in [1.29, 1.82) is 10.5 Å². The first-order valence-electron chi connectivity index (χ1n) is 10.4. The van der Waals surface area contributed by atoms with E-state index in [-0.39, 0.29) is 48.7 Å². The molecule has 2 aromatic rings. The number of carboxylic acids is 2. The highest BCUT2D eigenvalue weighted by atomic mass is 16.5. The van der Waals surface area contributed by atoms with Crippen molar-refractivity contribution >= 4 is 11.9 Å². The number of phenolic OH excluding ortho intramolecular Hbond substituents is 2. The second kappa shape index (κ2) is 12.0. The number of benzene rings is 2. The van der Waals surface area contributed by atoms with E-state index < -0.39 is 35.3 Å². The predicted molar refractivity (Wildman–Crippen MR) is 118 cm³/mol. The molecule has 0 saturated carbocycles. The highest BCUT2D eigenvalue weighted by Gasteiger charge is 2.45. The molecule has 10 nitrogen and oxygen atoms in total. The number of phenols is 2. The third-order valence-corrected chi connectivity index (χ3v) is 5.07. The Hall–Kier alpha value is -4.44. The summed E-state index contributed by atoms with van der Waals surface area (Å²) in [7, 11) is 0. The summed E-state index contributed by atoms with van der Waals surface area (Å²) >= 11 is 0. The Labute approximate surface area is 195 Å². The first-order valence-corrected chi connectivity index (χ1v) is 10.4. The first kappa shape index (κ1) is 25.8. The lowest BCUT2D eigenvalue weighted by Gasteiger charge is -2.30. The van der Waals surface area contributed by atoms with E-state index in [2.05, 4.69) is 0 Å². The summed E-state index contributed by atoms with van der Waals surface area (Å²) < 4.78 is 11.4. The molecular weight excluding hydrogens is 444 g/mol. The maximum absolute atomic E-state index is 12.5. The average Bonchev–Trinajstić information content (AvgIpc) is 2.80. The minimum atomic E-state index is -2.12. The van der Waals surface area contributed by atoms with Crippen LogP contribution in [0.2, 0.25) is 0 Å². The average molecular weight is 468 g/mol. The molecule has 1 unspecified atom stereocenters. The van der Waals surface area contributed by atoms with Gasteiger partial charge in [0.05, 0.1) is 31.8 Å². The van der Waals surface area contributed by atoms with Crippen LogP contribution in [0.1, 0.15) is 43.2 Å². The molecule has 10 heteroatoms. The van der Waals surface area contributed by atoms with Crippen LogP contribution in [-0.4, -0.2) is 45.6 Å². The SMILES string of the molecule is N#CCCCOc1ccc(C(CC(=O)O)(C(=O)O)c2ccc(O)c(O)c2)cc1OCCCC#N. The lowest BCUT2D eigenvalue weighted by atomic mass is 9.71. The van der Waals surface area contributed by atoms with Gasteiger partial charge in [-0.15, -0.1) is 0 Å². The minimum absolute atomic E-state index is 0.0483. The van der Waals surface area contributed by atoms with Gasteiger partial charge in [-0.05, 0) is 48.2 Å². The summed E-state index contributed by atoms with van der Waals surface area (Å²) in [4.78, 5) is 24.3. The molecule has 0 bridgehead atoms. The third kappa shape index (κ3) is 6.08. The van der Waals surface area contributed by atoms with Crippen LogP contribution in [-0.2, 0) is 15.0 Å². The highest BCUT2D eigenvalue weighted by molar-refractivity contribution is 5.91. The van der Waals surface area contributed by atoms with Gasteiger partial charge in [0.1, 0.15) is 5.41 Å². The molecule has 2 rings (SSSR count). The number of rotatable bonds is 13. The van der Waals surface area contributed by atoms with Gasteiger partial charge in [-0.2, -0.15) is 10.5 Å². The topological polar surface area (TPSA) is 181 Å². The van der Waals surface area contributed by atoms with Gasteiger partial charge in [0.25, 0.3) is 0 Å². The maximum Gasteiger partial charge on any atom is 0.319 e. The second-order valence-corrected chi connectivity index (χ2v) is 7.37.